The van der Waals surface area contributed by atoms with Gasteiger partial charge in [0.05, 0.1) is 0 Å². The van der Waals surface area contributed by atoms with Gasteiger partial charge in [0, 0.05) is 11.1 Å². The van der Waals surface area contributed by atoms with E-state index >= 15 is 0 Å². The molecule has 1 heterocycles. The maximum atomic E-state index is 2.53. The molecule has 0 amide bonds. The summed E-state index contributed by atoms with van der Waals surface area (Å²) in [5.41, 5.74) is 0.752. The van der Waals surface area contributed by atoms with Gasteiger partial charge in [0.15, 0.2) is 0 Å². The van der Waals surface area contributed by atoms with E-state index in [-0.39, 0.29) is 0 Å². The molecular weight excluding hydrogens is 393 g/mol. The van der Waals surface area contributed by atoms with Crippen LogP contribution in [0.4, 0.5) is 0 Å². The first-order chi connectivity index (χ1) is 14.7. The van der Waals surface area contributed by atoms with Crippen LogP contribution in [-0.4, -0.2) is 23.0 Å². The van der Waals surface area contributed by atoms with E-state index in [1.54, 1.807) is 0 Å². The molecule has 3 aromatic rings. The first-order valence-corrected chi connectivity index (χ1v) is 12.7. The lowest BCUT2D eigenvalue weighted by Gasteiger charge is -2.53. The van der Waals surface area contributed by atoms with E-state index in [0.29, 0.717) is 11.1 Å². The molecular formula is C29H38NP. The maximum Gasteiger partial charge on any atom is 0.0158 e. The highest BCUT2D eigenvalue weighted by molar-refractivity contribution is 7.79. The molecule has 1 saturated heterocycles. The first-order valence-electron chi connectivity index (χ1n) is 11.4. The fraction of sp³-hybridized carbons (Fsp3) is 0.379. The summed E-state index contributed by atoms with van der Waals surface area (Å²) in [5, 5.41) is 4.19. The van der Waals surface area contributed by atoms with Crippen molar-refractivity contribution in [3.63, 3.8) is 0 Å². The summed E-state index contributed by atoms with van der Waals surface area (Å²) in [5.74, 6) is 0.867. The van der Waals surface area contributed by atoms with Gasteiger partial charge in [0.1, 0.15) is 0 Å². The van der Waals surface area contributed by atoms with Crippen molar-refractivity contribution in [3.05, 3.63) is 91.0 Å². The van der Waals surface area contributed by atoms with Crippen molar-refractivity contribution in [3.8, 4) is 0 Å². The minimum atomic E-state index is -0.446. The summed E-state index contributed by atoms with van der Waals surface area (Å²) in [6.45, 7) is 11.8. The predicted molar refractivity (Wildman–Crippen MR) is 139 cm³/mol. The number of rotatable bonds is 3. The molecule has 164 valence electrons. The van der Waals surface area contributed by atoms with Crippen LogP contribution in [-0.2, 0) is 0 Å². The number of likely N-dealkylation sites (tertiary alicyclic amines) is 1. The Morgan fingerprint density at radius 2 is 0.903 bits per heavy atom. The molecule has 31 heavy (non-hydrogen) atoms. The minimum absolute atomic E-state index is 0.376. The first kappa shape index (κ1) is 23.7. The Morgan fingerprint density at radius 1 is 0.613 bits per heavy atom. The van der Waals surface area contributed by atoms with Gasteiger partial charge in [0.2, 0.25) is 0 Å². The van der Waals surface area contributed by atoms with Gasteiger partial charge < -0.3 is 0 Å². The third-order valence-corrected chi connectivity index (χ3v) is 9.00. The number of hydrogen-bond donors (Lipinski definition) is 0. The molecule has 0 aromatic heterocycles. The molecule has 1 nitrogen and oxygen atoms in total. The van der Waals surface area contributed by atoms with Crippen molar-refractivity contribution in [2.75, 3.05) is 7.05 Å². The SMILES string of the molecule is CC1CC(C)(C)N(C)C(C)(C)C1.c1ccc(P(c2ccccc2)c2ccccc2)cc1. The Bertz CT molecular complexity index is 807. The summed E-state index contributed by atoms with van der Waals surface area (Å²) in [6, 6.07) is 32.3. The highest BCUT2D eigenvalue weighted by Crippen LogP contribution is 2.39. The molecule has 0 bridgehead atoms. The summed E-state index contributed by atoms with van der Waals surface area (Å²) in [7, 11) is 1.81. The molecule has 2 heteroatoms. The van der Waals surface area contributed by atoms with Gasteiger partial charge in [-0.05, 0) is 77.3 Å². The van der Waals surface area contributed by atoms with Crippen LogP contribution in [0.5, 0.6) is 0 Å². The van der Waals surface area contributed by atoms with Gasteiger partial charge in [-0.15, -0.1) is 0 Å². The van der Waals surface area contributed by atoms with Crippen molar-refractivity contribution in [1.29, 1.82) is 0 Å². The molecule has 0 spiro atoms. The third kappa shape index (κ3) is 6.06. The normalized spacial score (nSPS) is 18.3. The van der Waals surface area contributed by atoms with E-state index in [1.165, 1.54) is 28.8 Å². The Kier molecular flexibility index (Phi) is 7.73. The highest BCUT2D eigenvalue weighted by atomic mass is 31.1. The van der Waals surface area contributed by atoms with Crippen LogP contribution < -0.4 is 15.9 Å². The van der Waals surface area contributed by atoms with Crippen LogP contribution in [0.1, 0.15) is 47.5 Å². The van der Waals surface area contributed by atoms with Crippen LogP contribution in [0.25, 0.3) is 0 Å². The van der Waals surface area contributed by atoms with Crippen LogP contribution in [0.15, 0.2) is 91.0 Å². The second-order valence-corrected chi connectivity index (χ2v) is 12.3. The van der Waals surface area contributed by atoms with E-state index in [9.17, 15) is 0 Å². The third-order valence-electron chi connectivity index (χ3n) is 6.56. The van der Waals surface area contributed by atoms with Gasteiger partial charge in [-0.25, -0.2) is 0 Å². The van der Waals surface area contributed by atoms with Crippen LogP contribution in [0.3, 0.4) is 0 Å². The Balaban J connectivity index is 0.000000196. The zero-order valence-electron chi connectivity index (χ0n) is 20.0. The molecule has 4 rings (SSSR count). The number of piperidine rings is 1. The van der Waals surface area contributed by atoms with Crippen LogP contribution >= 0.6 is 7.92 Å². The average Bonchev–Trinajstić information content (AvgIpc) is 2.74. The fourth-order valence-corrected chi connectivity index (χ4v) is 7.35. The molecule has 0 unspecified atom stereocenters. The molecule has 0 radical (unpaired) electrons. The summed E-state index contributed by atoms with van der Waals surface area (Å²) >= 11 is 0. The molecule has 1 aliphatic heterocycles. The lowest BCUT2D eigenvalue weighted by Crippen LogP contribution is -2.58. The van der Waals surface area contributed by atoms with Gasteiger partial charge in [-0.1, -0.05) is 97.9 Å². The molecule has 0 N–H and O–H groups in total. The Labute approximate surface area is 191 Å². The smallest absolute Gasteiger partial charge is 0.0158 e. The van der Waals surface area contributed by atoms with Gasteiger partial charge >= 0.3 is 0 Å². The second-order valence-electron chi connectivity index (χ2n) is 10.0. The number of benzene rings is 3. The molecule has 3 aromatic carbocycles. The lowest BCUT2D eigenvalue weighted by molar-refractivity contribution is -0.0255. The zero-order chi connectivity index (χ0) is 22.5. The van der Waals surface area contributed by atoms with E-state index < -0.39 is 7.92 Å². The van der Waals surface area contributed by atoms with Crippen LogP contribution in [0.2, 0.25) is 0 Å². The largest absolute Gasteiger partial charge is 0.296 e. The monoisotopic (exact) mass is 431 g/mol. The average molecular weight is 432 g/mol. The van der Waals surface area contributed by atoms with E-state index in [4.69, 9.17) is 0 Å². The molecule has 1 aliphatic rings. The quantitative estimate of drug-likeness (QED) is 0.437. The molecule has 1 fully saturated rings. The van der Waals surface area contributed by atoms with Crippen molar-refractivity contribution in [2.45, 2.75) is 58.5 Å². The van der Waals surface area contributed by atoms with E-state index in [0.717, 1.165) is 5.92 Å². The fourth-order valence-electron chi connectivity index (χ4n) is 5.05. The second kappa shape index (κ2) is 10.1. The number of nitrogens with zero attached hydrogens (tertiary/aromatic N) is 1. The van der Waals surface area contributed by atoms with E-state index in [1.807, 2.05) is 0 Å². The minimum Gasteiger partial charge on any atom is -0.296 e. The maximum absolute atomic E-state index is 2.53. The molecule has 0 saturated carbocycles. The zero-order valence-corrected chi connectivity index (χ0v) is 20.9. The van der Waals surface area contributed by atoms with Gasteiger partial charge in [-0.3, -0.25) is 4.90 Å². The van der Waals surface area contributed by atoms with Crippen molar-refractivity contribution in [2.24, 2.45) is 5.92 Å². The lowest BCUT2D eigenvalue weighted by atomic mass is 9.75. The van der Waals surface area contributed by atoms with E-state index in [2.05, 4.69) is 138 Å². The van der Waals surface area contributed by atoms with Gasteiger partial charge in [0.25, 0.3) is 0 Å². The summed E-state index contributed by atoms with van der Waals surface area (Å²) in [6.07, 6.45) is 2.65. The Morgan fingerprint density at radius 3 is 1.19 bits per heavy atom. The van der Waals surface area contributed by atoms with Crippen molar-refractivity contribution in [1.82, 2.24) is 4.90 Å². The van der Waals surface area contributed by atoms with Gasteiger partial charge in [-0.2, -0.15) is 0 Å². The van der Waals surface area contributed by atoms with Crippen molar-refractivity contribution >= 4 is 23.8 Å². The molecule has 0 atom stereocenters. The van der Waals surface area contributed by atoms with Crippen LogP contribution in [0, 0.1) is 5.92 Å². The Hall–Kier alpha value is -1.95. The predicted octanol–water partition coefficient (Wildman–Crippen LogP) is 6.35. The number of hydrogen-bond acceptors (Lipinski definition) is 1. The highest BCUT2D eigenvalue weighted by Gasteiger charge is 2.41. The topological polar surface area (TPSA) is 3.24 Å². The summed E-state index contributed by atoms with van der Waals surface area (Å²) < 4.78 is 0. The molecule has 0 aliphatic carbocycles. The van der Waals surface area contributed by atoms with Crippen molar-refractivity contribution < 1.29 is 0 Å². The standard InChI is InChI=1S/C18H15P.C11H23N/c1-4-10-16(11-5-1)19(17-12-6-2-7-13-17)18-14-8-3-9-15-18;1-9-7-10(2,3)12(6)11(4,5)8-9/h1-15H;9H,7-8H2,1-6H3. The summed E-state index contributed by atoms with van der Waals surface area (Å²) in [4.78, 5) is 2.53.